The summed E-state index contributed by atoms with van der Waals surface area (Å²) in [6, 6.07) is 5.46. The Bertz CT molecular complexity index is 798. The predicted octanol–water partition coefficient (Wildman–Crippen LogP) is 2.69. The van der Waals surface area contributed by atoms with Gasteiger partial charge in [-0.15, -0.1) is 0 Å². The molecule has 29 heavy (non-hydrogen) atoms. The minimum absolute atomic E-state index is 0.171. The van der Waals surface area contributed by atoms with E-state index >= 15 is 0 Å². The highest BCUT2D eigenvalue weighted by Gasteiger charge is 2.33. The molecule has 0 spiro atoms. The van der Waals surface area contributed by atoms with Crippen LogP contribution in [0, 0.1) is 0 Å². The van der Waals surface area contributed by atoms with Gasteiger partial charge in [0.05, 0.1) is 4.90 Å². The molecule has 7 nitrogen and oxygen atoms in total. The molecule has 2 N–H and O–H groups in total. The summed E-state index contributed by atoms with van der Waals surface area (Å²) in [5, 5.41) is 6.00. The second-order valence-corrected chi connectivity index (χ2v) is 9.67. The number of sulfonamides is 1. The number of nitrogens with one attached hydrogen (secondary N) is 2. The molecular formula is C20H30ClN3O4S. The quantitative estimate of drug-likeness (QED) is 0.613. The van der Waals surface area contributed by atoms with Gasteiger partial charge in [0.1, 0.15) is 6.04 Å². The van der Waals surface area contributed by atoms with Gasteiger partial charge in [-0.25, -0.2) is 8.42 Å². The molecule has 1 aliphatic heterocycles. The van der Waals surface area contributed by atoms with Crippen LogP contribution in [0.2, 0.25) is 5.02 Å². The van der Waals surface area contributed by atoms with Crippen LogP contribution in [0.3, 0.4) is 0 Å². The molecule has 2 amide bonds. The summed E-state index contributed by atoms with van der Waals surface area (Å²) in [6.45, 7) is 4.16. The van der Waals surface area contributed by atoms with Crippen LogP contribution in [0.4, 0.5) is 0 Å². The first-order valence-electron chi connectivity index (χ1n) is 10.1. The molecule has 0 saturated carbocycles. The molecule has 1 saturated heterocycles. The van der Waals surface area contributed by atoms with E-state index in [4.69, 9.17) is 11.6 Å². The van der Waals surface area contributed by atoms with Crippen LogP contribution < -0.4 is 10.6 Å². The molecule has 0 aromatic heterocycles. The Morgan fingerprint density at radius 1 is 1.24 bits per heavy atom. The molecule has 2 unspecified atom stereocenters. The van der Waals surface area contributed by atoms with Gasteiger partial charge in [0.25, 0.3) is 0 Å². The molecule has 0 aliphatic carbocycles. The molecule has 2 rings (SSSR count). The van der Waals surface area contributed by atoms with Crippen LogP contribution in [-0.4, -0.2) is 49.7 Å². The highest BCUT2D eigenvalue weighted by atomic mass is 35.5. The third-order valence-electron chi connectivity index (χ3n) is 5.04. The molecule has 1 heterocycles. The lowest BCUT2D eigenvalue weighted by Crippen LogP contribution is -2.48. The maximum Gasteiger partial charge on any atom is 0.243 e. The maximum absolute atomic E-state index is 13.1. The summed E-state index contributed by atoms with van der Waals surface area (Å²) >= 11 is 5.88. The van der Waals surface area contributed by atoms with Gasteiger partial charge in [0.2, 0.25) is 21.8 Å². The third kappa shape index (κ3) is 6.69. The Hall–Kier alpha value is -1.64. The van der Waals surface area contributed by atoms with Crippen molar-refractivity contribution in [3.63, 3.8) is 0 Å². The highest BCUT2D eigenvalue weighted by molar-refractivity contribution is 7.89. The summed E-state index contributed by atoms with van der Waals surface area (Å²) in [7, 11) is -3.61. The normalized spacial score (nSPS) is 18.8. The number of piperidine rings is 1. The van der Waals surface area contributed by atoms with Crippen molar-refractivity contribution in [1.29, 1.82) is 0 Å². The average molecular weight is 444 g/mol. The lowest BCUT2D eigenvalue weighted by atomic mass is 10.0. The van der Waals surface area contributed by atoms with Crippen LogP contribution >= 0.6 is 11.6 Å². The van der Waals surface area contributed by atoms with Gasteiger partial charge in [0, 0.05) is 31.1 Å². The molecule has 162 valence electrons. The number of hydrogen-bond donors (Lipinski definition) is 2. The lowest BCUT2D eigenvalue weighted by Gasteiger charge is -2.35. The number of carbonyl (C=O) groups is 2. The second kappa shape index (κ2) is 10.9. The largest absolute Gasteiger partial charge is 0.354 e. The first-order valence-corrected chi connectivity index (χ1v) is 11.9. The van der Waals surface area contributed by atoms with Gasteiger partial charge >= 0.3 is 0 Å². The average Bonchev–Trinajstić information content (AvgIpc) is 2.68. The summed E-state index contributed by atoms with van der Waals surface area (Å²) in [6.07, 6.45) is 4.39. The van der Waals surface area contributed by atoms with E-state index in [0.717, 1.165) is 25.7 Å². The molecule has 9 heteroatoms. The van der Waals surface area contributed by atoms with Gasteiger partial charge in [-0.05, 0) is 49.9 Å². The predicted molar refractivity (Wildman–Crippen MR) is 113 cm³/mol. The van der Waals surface area contributed by atoms with E-state index in [1.54, 1.807) is 16.4 Å². The number of halogens is 1. The minimum atomic E-state index is -3.61. The van der Waals surface area contributed by atoms with Crippen molar-refractivity contribution in [1.82, 2.24) is 14.9 Å². The fourth-order valence-corrected chi connectivity index (χ4v) is 5.46. The number of benzene rings is 1. The van der Waals surface area contributed by atoms with Crippen molar-refractivity contribution in [2.75, 3.05) is 13.1 Å². The second-order valence-electron chi connectivity index (χ2n) is 7.34. The molecule has 1 aromatic rings. The number of amides is 2. The Morgan fingerprint density at radius 2 is 1.93 bits per heavy atom. The molecule has 2 atom stereocenters. The SMILES string of the molecule is CCCC(NC(C)=O)C(=O)NCCC1CCCCN1S(=O)(=O)c1ccc(Cl)cc1. The van der Waals surface area contributed by atoms with Crippen molar-refractivity contribution in [3.05, 3.63) is 29.3 Å². The van der Waals surface area contributed by atoms with E-state index in [9.17, 15) is 18.0 Å². The van der Waals surface area contributed by atoms with Gasteiger partial charge in [0.15, 0.2) is 0 Å². The maximum atomic E-state index is 13.1. The van der Waals surface area contributed by atoms with Crippen molar-refractivity contribution in [2.45, 2.75) is 69.4 Å². The lowest BCUT2D eigenvalue weighted by molar-refractivity contribution is -0.128. The third-order valence-corrected chi connectivity index (χ3v) is 7.26. The molecular weight excluding hydrogens is 414 g/mol. The van der Waals surface area contributed by atoms with Crippen molar-refractivity contribution < 1.29 is 18.0 Å². The van der Waals surface area contributed by atoms with Crippen LogP contribution in [0.25, 0.3) is 0 Å². The van der Waals surface area contributed by atoms with Crippen LogP contribution in [0.5, 0.6) is 0 Å². The van der Waals surface area contributed by atoms with E-state index < -0.39 is 16.1 Å². The molecule has 0 radical (unpaired) electrons. The van der Waals surface area contributed by atoms with Gasteiger partial charge in [-0.2, -0.15) is 4.31 Å². The van der Waals surface area contributed by atoms with Gasteiger partial charge < -0.3 is 10.6 Å². The Kier molecular flexibility index (Phi) is 8.92. The Labute approximate surface area is 178 Å². The highest BCUT2D eigenvalue weighted by Crippen LogP contribution is 2.27. The zero-order valence-corrected chi connectivity index (χ0v) is 18.6. The number of rotatable bonds is 9. The van der Waals surface area contributed by atoms with Crippen molar-refractivity contribution in [3.8, 4) is 0 Å². The summed E-state index contributed by atoms with van der Waals surface area (Å²) < 4.78 is 27.7. The van der Waals surface area contributed by atoms with Crippen LogP contribution in [-0.2, 0) is 19.6 Å². The van der Waals surface area contributed by atoms with E-state index in [2.05, 4.69) is 10.6 Å². The fourth-order valence-electron chi connectivity index (χ4n) is 3.61. The molecule has 0 bridgehead atoms. The van der Waals surface area contributed by atoms with Crippen LogP contribution in [0.1, 0.15) is 52.4 Å². The first-order chi connectivity index (χ1) is 13.8. The summed E-state index contributed by atoms with van der Waals surface area (Å²) in [4.78, 5) is 23.9. The number of nitrogens with zero attached hydrogens (tertiary/aromatic N) is 1. The van der Waals surface area contributed by atoms with E-state index in [1.807, 2.05) is 6.92 Å². The smallest absolute Gasteiger partial charge is 0.243 e. The Morgan fingerprint density at radius 3 is 2.55 bits per heavy atom. The van der Waals surface area contributed by atoms with E-state index in [0.29, 0.717) is 31.0 Å². The monoisotopic (exact) mass is 443 g/mol. The number of hydrogen-bond acceptors (Lipinski definition) is 4. The molecule has 1 aliphatic rings. The van der Waals surface area contributed by atoms with Gasteiger partial charge in [-0.3, -0.25) is 9.59 Å². The van der Waals surface area contributed by atoms with Crippen LogP contribution in [0.15, 0.2) is 29.2 Å². The zero-order chi connectivity index (χ0) is 21.4. The molecule has 1 fully saturated rings. The zero-order valence-electron chi connectivity index (χ0n) is 17.0. The topological polar surface area (TPSA) is 95.6 Å². The summed E-state index contributed by atoms with van der Waals surface area (Å²) in [5.41, 5.74) is 0. The Balaban J connectivity index is 2.00. The summed E-state index contributed by atoms with van der Waals surface area (Å²) in [5.74, 6) is -0.476. The molecule has 1 aromatic carbocycles. The van der Waals surface area contributed by atoms with Crippen molar-refractivity contribution in [2.24, 2.45) is 0 Å². The standard InChI is InChI=1S/C20H30ClN3O4S/c1-3-6-19(23-15(2)25)20(26)22-13-12-17-7-4-5-14-24(17)29(27,28)18-10-8-16(21)9-11-18/h8-11,17,19H,3-7,12-14H2,1-2H3,(H,22,26)(H,23,25). The van der Waals surface area contributed by atoms with E-state index in [1.165, 1.54) is 19.1 Å². The number of carbonyl (C=O) groups excluding carboxylic acids is 2. The fraction of sp³-hybridized carbons (Fsp3) is 0.600. The van der Waals surface area contributed by atoms with E-state index in [-0.39, 0.29) is 22.8 Å². The van der Waals surface area contributed by atoms with Gasteiger partial charge in [-0.1, -0.05) is 31.4 Å². The van der Waals surface area contributed by atoms with Crippen molar-refractivity contribution >= 4 is 33.4 Å². The first kappa shape index (κ1) is 23.6. The minimum Gasteiger partial charge on any atom is -0.354 e.